The van der Waals surface area contributed by atoms with Crippen LogP contribution in [0.1, 0.15) is 43.9 Å². The van der Waals surface area contributed by atoms with Crippen molar-refractivity contribution in [1.29, 1.82) is 0 Å². The zero-order valence-electron chi connectivity index (χ0n) is 9.96. The average Bonchev–Trinajstić information content (AvgIpc) is 2.27. The van der Waals surface area contributed by atoms with Crippen LogP contribution in [0.15, 0.2) is 24.3 Å². The van der Waals surface area contributed by atoms with Crippen LogP contribution in [0.2, 0.25) is 0 Å². The number of nitrogens with one attached hydrogen (secondary N) is 1. The third kappa shape index (κ3) is 3.05. The highest BCUT2D eigenvalue weighted by Crippen LogP contribution is 2.26. The number of aryl methyl sites for hydroxylation is 1. The summed E-state index contributed by atoms with van der Waals surface area (Å²) in [6, 6.07) is 8.89. The van der Waals surface area contributed by atoms with Crippen LogP contribution in [-0.2, 0) is 0 Å². The lowest BCUT2D eigenvalue weighted by Crippen LogP contribution is -2.33. The molecule has 0 amide bonds. The summed E-state index contributed by atoms with van der Waals surface area (Å²) in [4.78, 5) is 0. The van der Waals surface area contributed by atoms with Gasteiger partial charge in [-0.25, -0.2) is 0 Å². The molecule has 84 valence electrons. The molecule has 1 unspecified atom stereocenters. The highest BCUT2D eigenvalue weighted by Gasteiger charge is 2.18. The first kappa shape index (κ1) is 12.2. The minimum absolute atomic E-state index is 0.278. The Morgan fingerprint density at radius 2 is 1.67 bits per heavy atom. The van der Waals surface area contributed by atoms with E-state index in [-0.39, 0.29) is 6.04 Å². The van der Waals surface area contributed by atoms with Crippen molar-refractivity contribution in [2.75, 3.05) is 0 Å². The molecule has 2 nitrogen and oxygen atoms in total. The largest absolute Gasteiger partial charge is 0.271 e. The Kier molecular flexibility index (Phi) is 4.79. The molecule has 1 aromatic carbocycles. The quantitative estimate of drug-likeness (QED) is 0.574. The van der Waals surface area contributed by atoms with Crippen molar-refractivity contribution >= 4 is 0 Å². The monoisotopic (exact) mass is 206 g/mol. The Morgan fingerprint density at radius 1 is 1.13 bits per heavy atom. The highest BCUT2D eigenvalue weighted by molar-refractivity contribution is 5.24. The van der Waals surface area contributed by atoms with Gasteiger partial charge in [-0.15, -0.1) is 0 Å². The van der Waals surface area contributed by atoms with E-state index < -0.39 is 0 Å². The lowest BCUT2D eigenvalue weighted by atomic mass is 9.89. The van der Waals surface area contributed by atoms with Gasteiger partial charge in [-0.1, -0.05) is 56.5 Å². The summed E-state index contributed by atoms with van der Waals surface area (Å²) in [7, 11) is 0. The Bertz CT molecular complexity index is 275. The molecule has 0 saturated heterocycles. The highest BCUT2D eigenvalue weighted by atomic mass is 15.2. The molecule has 15 heavy (non-hydrogen) atoms. The molecule has 0 saturated carbocycles. The SMILES string of the molecule is CCC(CC)C(NN)c1ccc(C)cc1. The second-order valence-electron chi connectivity index (χ2n) is 4.13. The van der Waals surface area contributed by atoms with Gasteiger partial charge in [0.1, 0.15) is 0 Å². The molecular weight excluding hydrogens is 184 g/mol. The fourth-order valence-electron chi connectivity index (χ4n) is 2.04. The van der Waals surface area contributed by atoms with Gasteiger partial charge >= 0.3 is 0 Å². The van der Waals surface area contributed by atoms with Crippen molar-refractivity contribution in [3.63, 3.8) is 0 Å². The standard InChI is InChI=1S/C13H22N2/c1-4-11(5-2)13(15-14)12-8-6-10(3)7-9-12/h6-9,11,13,15H,4-5,14H2,1-3H3. The third-order valence-electron chi connectivity index (χ3n) is 3.14. The Balaban J connectivity index is 2.86. The first-order valence-corrected chi connectivity index (χ1v) is 5.75. The summed E-state index contributed by atoms with van der Waals surface area (Å²) in [5, 5.41) is 0. The lowest BCUT2D eigenvalue weighted by Gasteiger charge is -2.25. The summed E-state index contributed by atoms with van der Waals surface area (Å²) in [6.45, 7) is 6.53. The molecule has 0 fully saturated rings. The maximum absolute atomic E-state index is 5.64. The molecule has 1 aromatic rings. The lowest BCUT2D eigenvalue weighted by molar-refractivity contribution is 0.345. The van der Waals surface area contributed by atoms with E-state index in [0.29, 0.717) is 5.92 Å². The van der Waals surface area contributed by atoms with E-state index in [9.17, 15) is 0 Å². The van der Waals surface area contributed by atoms with E-state index in [1.54, 1.807) is 0 Å². The van der Waals surface area contributed by atoms with E-state index in [4.69, 9.17) is 5.84 Å². The van der Waals surface area contributed by atoms with Crippen molar-refractivity contribution in [1.82, 2.24) is 5.43 Å². The smallest absolute Gasteiger partial charge is 0.0487 e. The van der Waals surface area contributed by atoms with Crippen LogP contribution in [0.3, 0.4) is 0 Å². The summed E-state index contributed by atoms with van der Waals surface area (Å²) < 4.78 is 0. The maximum atomic E-state index is 5.64. The minimum Gasteiger partial charge on any atom is -0.271 e. The molecule has 0 aliphatic carbocycles. The predicted molar refractivity (Wildman–Crippen MR) is 65.3 cm³/mol. The first-order chi connectivity index (χ1) is 7.22. The van der Waals surface area contributed by atoms with Gasteiger partial charge in [0.2, 0.25) is 0 Å². The molecule has 0 aliphatic rings. The van der Waals surface area contributed by atoms with Crippen LogP contribution in [-0.4, -0.2) is 0 Å². The van der Waals surface area contributed by atoms with Crippen molar-refractivity contribution in [3.8, 4) is 0 Å². The maximum Gasteiger partial charge on any atom is 0.0487 e. The first-order valence-electron chi connectivity index (χ1n) is 5.75. The van der Waals surface area contributed by atoms with Gasteiger partial charge in [-0.3, -0.25) is 11.3 Å². The predicted octanol–water partition coefficient (Wildman–Crippen LogP) is 2.94. The molecule has 0 bridgehead atoms. The van der Waals surface area contributed by atoms with Crippen LogP contribution in [0.4, 0.5) is 0 Å². The van der Waals surface area contributed by atoms with Crippen LogP contribution in [0, 0.1) is 12.8 Å². The zero-order valence-corrected chi connectivity index (χ0v) is 9.96. The third-order valence-corrected chi connectivity index (χ3v) is 3.14. The van der Waals surface area contributed by atoms with E-state index in [2.05, 4.69) is 50.5 Å². The van der Waals surface area contributed by atoms with E-state index >= 15 is 0 Å². The Morgan fingerprint density at radius 3 is 2.07 bits per heavy atom. The topological polar surface area (TPSA) is 38.0 Å². The van der Waals surface area contributed by atoms with Gasteiger partial charge in [0, 0.05) is 6.04 Å². The van der Waals surface area contributed by atoms with Gasteiger partial charge in [0.15, 0.2) is 0 Å². The van der Waals surface area contributed by atoms with Crippen molar-refractivity contribution < 1.29 is 0 Å². The Hall–Kier alpha value is -0.860. The van der Waals surface area contributed by atoms with Crippen LogP contribution in [0.5, 0.6) is 0 Å². The molecular formula is C13H22N2. The molecule has 2 heteroatoms. The molecule has 0 radical (unpaired) electrons. The fraction of sp³-hybridized carbons (Fsp3) is 0.538. The summed E-state index contributed by atoms with van der Waals surface area (Å²) in [6.07, 6.45) is 2.30. The summed E-state index contributed by atoms with van der Waals surface area (Å²) >= 11 is 0. The van der Waals surface area contributed by atoms with Crippen LogP contribution >= 0.6 is 0 Å². The molecule has 1 atom stereocenters. The zero-order chi connectivity index (χ0) is 11.3. The van der Waals surface area contributed by atoms with Crippen molar-refractivity contribution in [2.45, 2.75) is 39.7 Å². The number of nitrogens with two attached hydrogens (primary N) is 1. The van der Waals surface area contributed by atoms with E-state index in [0.717, 1.165) is 12.8 Å². The second-order valence-corrected chi connectivity index (χ2v) is 4.13. The number of hydrogen-bond donors (Lipinski definition) is 2. The number of rotatable bonds is 5. The molecule has 3 N–H and O–H groups in total. The van der Waals surface area contributed by atoms with Gasteiger partial charge in [-0.05, 0) is 18.4 Å². The van der Waals surface area contributed by atoms with Crippen molar-refractivity contribution in [3.05, 3.63) is 35.4 Å². The van der Waals surface area contributed by atoms with Crippen LogP contribution < -0.4 is 11.3 Å². The summed E-state index contributed by atoms with van der Waals surface area (Å²) in [5.74, 6) is 6.25. The van der Waals surface area contributed by atoms with Crippen LogP contribution in [0.25, 0.3) is 0 Å². The van der Waals surface area contributed by atoms with Gasteiger partial charge in [0.25, 0.3) is 0 Å². The number of hydrazine groups is 1. The van der Waals surface area contributed by atoms with Crippen molar-refractivity contribution in [2.24, 2.45) is 11.8 Å². The number of benzene rings is 1. The molecule has 0 aliphatic heterocycles. The fourth-order valence-corrected chi connectivity index (χ4v) is 2.04. The molecule has 0 spiro atoms. The van der Waals surface area contributed by atoms with Gasteiger partial charge in [-0.2, -0.15) is 0 Å². The minimum atomic E-state index is 0.278. The van der Waals surface area contributed by atoms with Gasteiger partial charge in [0.05, 0.1) is 0 Å². The second kappa shape index (κ2) is 5.89. The van der Waals surface area contributed by atoms with Gasteiger partial charge < -0.3 is 0 Å². The normalized spacial score (nSPS) is 13.1. The molecule has 0 heterocycles. The average molecular weight is 206 g/mol. The van der Waals surface area contributed by atoms with E-state index in [1.165, 1.54) is 11.1 Å². The molecule has 0 aromatic heterocycles. The number of hydrogen-bond acceptors (Lipinski definition) is 2. The Labute approximate surface area is 92.8 Å². The van der Waals surface area contributed by atoms with E-state index in [1.807, 2.05) is 0 Å². The molecule has 1 rings (SSSR count). The summed E-state index contributed by atoms with van der Waals surface area (Å²) in [5.41, 5.74) is 5.52.